The van der Waals surface area contributed by atoms with E-state index >= 15 is 0 Å². The molecule has 2 amide bonds. The van der Waals surface area contributed by atoms with Crippen molar-refractivity contribution in [2.75, 3.05) is 26.2 Å². The van der Waals surface area contributed by atoms with Gasteiger partial charge < -0.3 is 14.8 Å². The van der Waals surface area contributed by atoms with Crippen LogP contribution in [0.2, 0.25) is 5.02 Å². The maximum Gasteiger partial charge on any atom is 0.337 e. The van der Waals surface area contributed by atoms with Gasteiger partial charge in [-0.1, -0.05) is 23.7 Å². The number of carbonyl (C=O) groups is 3. The molecule has 150 valence electrons. The molecule has 3 rings (SSSR count). The fraction of sp³-hybridized carbons (Fsp3) is 0.150. The Balaban J connectivity index is 1.72. The van der Waals surface area contributed by atoms with Gasteiger partial charge in [0.05, 0.1) is 37.0 Å². The van der Waals surface area contributed by atoms with Crippen molar-refractivity contribution in [2.24, 2.45) is 0 Å². The smallest absolute Gasteiger partial charge is 0.337 e. The topological polar surface area (TPSA) is 84.9 Å². The lowest BCUT2D eigenvalue weighted by atomic mass is 10.1. The highest BCUT2D eigenvalue weighted by molar-refractivity contribution is 8.18. The molecule has 1 saturated heterocycles. The molecule has 0 aromatic heterocycles. The molecule has 29 heavy (non-hydrogen) atoms. The molecule has 0 radical (unpaired) electrons. The zero-order valence-corrected chi connectivity index (χ0v) is 17.2. The molecule has 0 aliphatic carbocycles. The second kappa shape index (κ2) is 9.02. The Morgan fingerprint density at radius 1 is 1.17 bits per heavy atom. The van der Waals surface area contributed by atoms with Gasteiger partial charge in [0, 0.05) is 5.02 Å². The standard InChI is InChI=1S/C20H17ClN2O5S/c1-27-16-8-7-14(21)10-15(16)22-11-23-18(24)17(29-20(23)26)9-12-3-5-13(6-4-12)19(25)28-2/h3-10,22H,11H2,1-2H3. The molecule has 0 unspecified atom stereocenters. The molecule has 0 atom stereocenters. The number of imide groups is 1. The first-order valence-corrected chi connectivity index (χ1v) is 9.63. The first-order chi connectivity index (χ1) is 13.9. The van der Waals surface area contributed by atoms with E-state index in [1.165, 1.54) is 14.2 Å². The number of thioether (sulfide) groups is 1. The van der Waals surface area contributed by atoms with Crippen molar-refractivity contribution in [1.82, 2.24) is 4.90 Å². The summed E-state index contributed by atoms with van der Waals surface area (Å²) in [5, 5.41) is 3.11. The van der Waals surface area contributed by atoms with Gasteiger partial charge in [-0.05, 0) is 53.7 Å². The van der Waals surface area contributed by atoms with Crippen molar-refractivity contribution in [3.63, 3.8) is 0 Å². The summed E-state index contributed by atoms with van der Waals surface area (Å²) in [4.78, 5) is 37.8. The zero-order valence-electron chi connectivity index (χ0n) is 15.6. The summed E-state index contributed by atoms with van der Waals surface area (Å²) in [6, 6.07) is 11.6. The van der Waals surface area contributed by atoms with Gasteiger partial charge >= 0.3 is 5.97 Å². The van der Waals surface area contributed by atoms with Crippen LogP contribution in [0.5, 0.6) is 5.75 Å². The molecule has 7 nitrogen and oxygen atoms in total. The molecule has 1 aliphatic rings. The fourth-order valence-corrected chi connectivity index (χ4v) is 3.61. The lowest BCUT2D eigenvalue weighted by Crippen LogP contribution is -2.33. The number of benzene rings is 2. The lowest BCUT2D eigenvalue weighted by Gasteiger charge is -2.16. The molecule has 2 aromatic carbocycles. The number of anilines is 1. The summed E-state index contributed by atoms with van der Waals surface area (Å²) >= 11 is 6.84. The van der Waals surface area contributed by atoms with Crippen molar-refractivity contribution < 1.29 is 23.9 Å². The monoisotopic (exact) mass is 432 g/mol. The Bertz CT molecular complexity index is 991. The third kappa shape index (κ3) is 4.72. The van der Waals surface area contributed by atoms with E-state index in [0.717, 1.165) is 16.7 Å². The van der Waals surface area contributed by atoms with Crippen molar-refractivity contribution in [1.29, 1.82) is 0 Å². The summed E-state index contributed by atoms with van der Waals surface area (Å²) in [5.74, 6) is -0.312. The van der Waals surface area contributed by atoms with E-state index in [4.69, 9.17) is 16.3 Å². The molecular weight excluding hydrogens is 416 g/mol. The van der Waals surface area contributed by atoms with Crippen molar-refractivity contribution in [3.8, 4) is 5.75 Å². The number of halogens is 1. The first-order valence-electron chi connectivity index (χ1n) is 8.44. The normalized spacial score (nSPS) is 15.0. The van der Waals surface area contributed by atoms with E-state index in [2.05, 4.69) is 10.1 Å². The van der Waals surface area contributed by atoms with Crippen LogP contribution in [-0.4, -0.2) is 42.9 Å². The van der Waals surface area contributed by atoms with Gasteiger partial charge in [-0.25, -0.2) is 4.79 Å². The maximum absolute atomic E-state index is 12.6. The summed E-state index contributed by atoms with van der Waals surface area (Å²) in [7, 11) is 2.82. The lowest BCUT2D eigenvalue weighted by molar-refractivity contribution is -0.122. The number of methoxy groups -OCH3 is 2. The van der Waals surface area contributed by atoms with Crippen molar-refractivity contribution in [3.05, 3.63) is 63.5 Å². The van der Waals surface area contributed by atoms with Gasteiger partial charge in [0.1, 0.15) is 5.75 Å². The van der Waals surface area contributed by atoms with Crippen LogP contribution < -0.4 is 10.1 Å². The molecule has 1 fully saturated rings. The number of nitrogens with one attached hydrogen (secondary N) is 1. The van der Waals surface area contributed by atoms with Crippen LogP contribution in [0.4, 0.5) is 10.5 Å². The Labute approximate surface area is 176 Å². The highest BCUT2D eigenvalue weighted by atomic mass is 35.5. The SMILES string of the molecule is COC(=O)c1ccc(C=C2SC(=O)N(CNc3cc(Cl)ccc3OC)C2=O)cc1. The second-order valence-electron chi connectivity index (χ2n) is 5.90. The average molecular weight is 433 g/mol. The molecule has 0 saturated carbocycles. The quantitative estimate of drug-likeness (QED) is 0.539. The third-order valence-corrected chi connectivity index (χ3v) is 5.23. The molecule has 9 heteroatoms. The molecular formula is C20H17ClN2O5S. The molecule has 2 aromatic rings. The van der Waals surface area contributed by atoms with Gasteiger partial charge in [0.25, 0.3) is 11.1 Å². The minimum absolute atomic E-state index is 0.0278. The molecule has 1 N–H and O–H groups in total. The molecule has 0 spiro atoms. The van der Waals surface area contributed by atoms with E-state index in [-0.39, 0.29) is 11.9 Å². The van der Waals surface area contributed by atoms with Crippen LogP contribution in [-0.2, 0) is 9.53 Å². The predicted octanol–water partition coefficient (Wildman–Crippen LogP) is 4.24. The van der Waals surface area contributed by atoms with Crippen LogP contribution >= 0.6 is 23.4 Å². The average Bonchev–Trinajstić information content (AvgIpc) is 2.99. The second-order valence-corrected chi connectivity index (χ2v) is 7.33. The van der Waals surface area contributed by atoms with Crippen LogP contribution in [0, 0.1) is 0 Å². The molecule has 1 heterocycles. The number of ether oxygens (including phenoxy) is 2. The number of nitrogens with zero attached hydrogens (tertiary/aromatic N) is 1. The fourth-order valence-electron chi connectivity index (χ4n) is 2.60. The number of hydrogen-bond donors (Lipinski definition) is 1. The van der Waals surface area contributed by atoms with E-state index in [1.807, 2.05) is 0 Å². The highest BCUT2D eigenvalue weighted by Crippen LogP contribution is 2.33. The van der Waals surface area contributed by atoms with Gasteiger partial charge in [-0.15, -0.1) is 0 Å². The van der Waals surface area contributed by atoms with Crippen LogP contribution in [0.25, 0.3) is 6.08 Å². The van der Waals surface area contributed by atoms with Crippen LogP contribution in [0.1, 0.15) is 15.9 Å². The zero-order chi connectivity index (χ0) is 21.0. The van der Waals surface area contributed by atoms with E-state index in [0.29, 0.717) is 32.5 Å². The summed E-state index contributed by atoms with van der Waals surface area (Å²) < 4.78 is 9.90. The number of carbonyl (C=O) groups excluding carboxylic acids is 3. The van der Waals surface area contributed by atoms with Gasteiger partial charge in [-0.3, -0.25) is 14.5 Å². The summed E-state index contributed by atoms with van der Waals surface area (Å²) in [6.45, 7) is -0.0278. The first kappa shape index (κ1) is 20.8. The molecule has 1 aliphatic heterocycles. The number of hydrogen-bond acceptors (Lipinski definition) is 7. The number of rotatable bonds is 6. The van der Waals surface area contributed by atoms with Crippen LogP contribution in [0.3, 0.4) is 0 Å². The minimum atomic E-state index is -0.445. The van der Waals surface area contributed by atoms with Crippen molar-refractivity contribution >= 4 is 52.2 Å². The number of esters is 1. The van der Waals surface area contributed by atoms with Crippen molar-refractivity contribution in [2.45, 2.75) is 0 Å². The third-order valence-electron chi connectivity index (χ3n) is 4.09. The van der Waals surface area contributed by atoms with E-state index < -0.39 is 11.9 Å². The van der Waals surface area contributed by atoms with Crippen LogP contribution in [0.15, 0.2) is 47.4 Å². The summed E-state index contributed by atoms with van der Waals surface area (Å²) in [6.07, 6.45) is 1.60. The largest absolute Gasteiger partial charge is 0.495 e. The Hall–Kier alpha value is -2.97. The maximum atomic E-state index is 12.6. The van der Waals surface area contributed by atoms with E-state index in [1.54, 1.807) is 48.5 Å². The van der Waals surface area contributed by atoms with Gasteiger partial charge in [0.15, 0.2) is 0 Å². The van der Waals surface area contributed by atoms with E-state index in [9.17, 15) is 14.4 Å². The molecule has 0 bridgehead atoms. The Kier molecular flexibility index (Phi) is 6.46. The Morgan fingerprint density at radius 3 is 2.55 bits per heavy atom. The van der Waals surface area contributed by atoms with Gasteiger partial charge in [0.2, 0.25) is 0 Å². The summed E-state index contributed by atoms with van der Waals surface area (Å²) in [5.41, 5.74) is 1.66. The number of amides is 2. The predicted molar refractivity (Wildman–Crippen MR) is 112 cm³/mol. The highest BCUT2D eigenvalue weighted by Gasteiger charge is 2.35. The van der Waals surface area contributed by atoms with Gasteiger partial charge in [-0.2, -0.15) is 0 Å². The Morgan fingerprint density at radius 2 is 1.90 bits per heavy atom. The minimum Gasteiger partial charge on any atom is -0.495 e.